The average Bonchev–Trinajstić information content (AvgIpc) is 3.11. The van der Waals surface area contributed by atoms with Gasteiger partial charge in [0.1, 0.15) is 23.9 Å². The molecule has 180 valence electrons. The lowest BCUT2D eigenvalue weighted by Crippen LogP contribution is -2.33. The van der Waals surface area contributed by atoms with Crippen molar-refractivity contribution >= 4 is 17.4 Å². The SMILES string of the molecule is COCCN1C(=O)C(=O)C(=C(O)c2ccc(OCc3cccc(C)c3)cc2)C1c1ccccc1F. The lowest BCUT2D eigenvalue weighted by atomic mass is 9.95. The van der Waals surface area contributed by atoms with Crippen LogP contribution in [0.3, 0.4) is 0 Å². The summed E-state index contributed by atoms with van der Waals surface area (Å²) in [5.41, 5.74) is 2.45. The number of likely N-dealkylation sites (tertiary alicyclic amines) is 1. The highest BCUT2D eigenvalue weighted by atomic mass is 19.1. The summed E-state index contributed by atoms with van der Waals surface area (Å²) in [5, 5.41) is 11.1. The number of halogens is 1. The number of nitrogens with zero attached hydrogens (tertiary/aromatic N) is 1. The van der Waals surface area contributed by atoms with Gasteiger partial charge in [-0.15, -0.1) is 0 Å². The van der Waals surface area contributed by atoms with Gasteiger partial charge < -0.3 is 19.5 Å². The molecule has 6 nitrogen and oxygen atoms in total. The highest BCUT2D eigenvalue weighted by molar-refractivity contribution is 6.46. The van der Waals surface area contributed by atoms with Crippen LogP contribution in [0.25, 0.3) is 5.76 Å². The van der Waals surface area contributed by atoms with Crippen molar-refractivity contribution < 1.29 is 28.6 Å². The Balaban J connectivity index is 1.65. The molecule has 0 aromatic heterocycles. The Kier molecular flexibility index (Phi) is 7.27. The number of aliphatic hydroxyl groups excluding tert-OH is 1. The zero-order valence-electron chi connectivity index (χ0n) is 19.5. The number of amides is 1. The van der Waals surface area contributed by atoms with E-state index >= 15 is 0 Å². The van der Waals surface area contributed by atoms with Crippen LogP contribution >= 0.6 is 0 Å². The summed E-state index contributed by atoms with van der Waals surface area (Å²) in [7, 11) is 1.47. The summed E-state index contributed by atoms with van der Waals surface area (Å²) < 4.78 is 25.6. The number of rotatable bonds is 8. The number of carbonyl (C=O) groups excluding carboxylic acids is 2. The van der Waals surface area contributed by atoms with Gasteiger partial charge in [-0.3, -0.25) is 9.59 Å². The van der Waals surface area contributed by atoms with Gasteiger partial charge in [-0.1, -0.05) is 48.0 Å². The monoisotopic (exact) mass is 475 g/mol. The van der Waals surface area contributed by atoms with E-state index in [9.17, 15) is 19.1 Å². The van der Waals surface area contributed by atoms with Crippen LogP contribution in [0.1, 0.15) is 28.3 Å². The highest BCUT2D eigenvalue weighted by Gasteiger charge is 2.46. The molecule has 35 heavy (non-hydrogen) atoms. The zero-order valence-corrected chi connectivity index (χ0v) is 19.5. The number of carbonyl (C=O) groups is 2. The van der Waals surface area contributed by atoms with Crippen molar-refractivity contribution in [2.45, 2.75) is 19.6 Å². The van der Waals surface area contributed by atoms with Crippen LogP contribution in [0.4, 0.5) is 4.39 Å². The van der Waals surface area contributed by atoms with Gasteiger partial charge in [0.05, 0.1) is 18.2 Å². The fraction of sp³-hybridized carbons (Fsp3) is 0.214. The smallest absolute Gasteiger partial charge is 0.295 e. The van der Waals surface area contributed by atoms with E-state index in [2.05, 4.69) is 0 Å². The van der Waals surface area contributed by atoms with Gasteiger partial charge in [0.15, 0.2) is 0 Å². The third-order valence-corrected chi connectivity index (χ3v) is 5.89. The van der Waals surface area contributed by atoms with E-state index in [4.69, 9.17) is 9.47 Å². The highest BCUT2D eigenvalue weighted by Crippen LogP contribution is 2.40. The summed E-state index contributed by atoms with van der Waals surface area (Å²) in [6, 6.07) is 19.3. The first-order valence-corrected chi connectivity index (χ1v) is 11.2. The number of ketones is 1. The minimum absolute atomic E-state index is 0.0720. The van der Waals surface area contributed by atoms with Crippen LogP contribution in [0.5, 0.6) is 5.75 Å². The summed E-state index contributed by atoms with van der Waals surface area (Å²) in [6.45, 7) is 2.62. The van der Waals surface area contributed by atoms with E-state index in [1.807, 2.05) is 31.2 Å². The molecule has 1 atom stereocenters. The molecule has 1 fully saturated rings. The van der Waals surface area contributed by atoms with Crippen molar-refractivity contribution in [3.63, 3.8) is 0 Å². The Labute approximate surface area is 203 Å². The minimum atomic E-state index is -1.07. The topological polar surface area (TPSA) is 76.1 Å². The number of benzene rings is 3. The third kappa shape index (κ3) is 5.10. The van der Waals surface area contributed by atoms with Gasteiger partial charge in [0.2, 0.25) is 0 Å². The lowest BCUT2D eigenvalue weighted by molar-refractivity contribution is -0.140. The molecular formula is C28H26FNO5. The summed E-state index contributed by atoms with van der Waals surface area (Å²) in [5.74, 6) is -2.05. The molecule has 4 rings (SSSR count). The van der Waals surface area contributed by atoms with Crippen LogP contribution in [-0.2, 0) is 20.9 Å². The van der Waals surface area contributed by atoms with Crippen molar-refractivity contribution in [3.05, 3.63) is 106 Å². The molecule has 0 spiro atoms. The van der Waals surface area contributed by atoms with Gasteiger partial charge in [-0.05, 0) is 42.8 Å². The van der Waals surface area contributed by atoms with Gasteiger partial charge in [0, 0.05) is 24.8 Å². The molecule has 0 saturated carbocycles. The van der Waals surface area contributed by atoms with Crippen molar-refractivity contribution in [1.82, 2.24) is 4.90 Å². The number of methoxy groups -OCH3 is 1. The average molecular weight is 476 g/mol. The van der Waals surface area contributed by atoms with E-state index in [1.54, 1.807) is 30.3 Å². The summed E-state index contributed by atoms with van der Waals surface area (Å²) in [4.78, 5) is 27.0. The number of aryl methyl sites for hydroxylation is 1. The van der Waals surface area contributed by atoms with Gasteiger partial charge in [0.25, 0.3) is 11.7 Å². The normalized spacial score (nSPS) is 17.1. The second-order valence-electron chi connectivity index (χ2n) is 8.31. The fourth-order valence-corrected chi connectivity index (χ4v) is 4.15. The molecule has 3 aromatic carbocycles. The number of Topliss-reactive ketones (excluding diaryl/α,β-unsaturated/α-hetero) is 1. The van der Waals surface area contributed by atoms with E-state index in [-0.39, 0.29) is 30.0 Å². The lowest BCUT2D eigenvalue weighted by Gasteiger charge is -2.25. The Morgan fingerprint density at radius 1 is 1.03 bits per heavy atom. The van der Waals surface area contributed by atoms with E-state index < -0.39 is 23.5 Å². The molecule has 7 heteroatoms. The van der Waals surface area contributed by atoms with Gasteiger partial charge in [-0.2, -0.15) is 0 Å². The summed E-state index contributed by atoms with van der Waals surface area (Å²) in [6.07, 6.45) is 0. The molecule has 1 unspecified atom stereocenters. The first kappa shape index (κ1) is 24.2. The molecule has 3 aromatic rings. The number of hydrogen-bond donors (Lipinski definition) is 1. The maximum absolute atomic E-state index is 14.7. The van der Waals surface area contributed by atoms with Crippen molar-refractivity contribution in [3.8, 4) is 5.75 Å². The second kappa shape index (κ2) is 10.5. The molecule has 1 amide bonds. The number of aliphatic hydroxyl groups is 1. The summed E-state index contributed by atoms with van der Waals surface area (Å²) >= 11 is 0. The molecule has 0 radical (unpaired) electrons. The molecule has 1 aliphatic heterocycles. The zero-order chi connectivity index (χ0) is 24.9. The standard InChI is InChI=1S/C28H26FNO5/c1-18-6-5-7-19(16-18)17-35-21-12-10-20(11-13-21)26(31)24-25(22-8-3-4-9-23(22)29)30(14-15-34-2)28(33)27(24)32/h3-13,16,25,31H,14-15,17H2,1-2H3. The fourth-order valence-electron chi connectivity index (χ4n) is 4.15. The molecule has 0 aliphatic carbocycles. The van der Waals surface area contributed by atoms with E-state index in [0.717, 1.165) is 11.1 Å². The van der Waals surface area contributed by atoms with Crippen molar-refractivity contribution in [2.24, 2.45) is 0 Å². The quantitative estimate of drug-likeness (QED) is 0.288. The maximum Gasteiger partial charge on any atom is 0.295 e. The maximum atomic E-state index is 14.7. The molecular weight excluding hydrogens is 449 g/mol. The third-order valence-electron chi connectivity index (χ3n) is 5.89. The molecule has 0 bridgehead atoms. The molecule has 1 saturated heterocycles. The van der Waals surface area contributed by atoms with Crippen LogP contribution < -0.4 is 4.74 Å². The van der Waals surface area contributed by atoms with Crippen LogP contribution in [0, 0.1) is 12.7 Å². The first-order valence-electron chi connectivity index (χ1n) is 11.2. The van der Waals surface area contributed by atoms with Crippen LogP contribution in [-0.4, -0.2) is 42.0 Å². The Morgan fingerprint density at radius 2 is 1.77 bits per heavy atom. The Hall–Kier alpha value is -3.97. The molecule has 1 aliphatic rings. The van der Waals surface area contributed by atoms with Gasteiger partial charge >= 0.3 is 0 Å². The molecule has 1 heterocycles. The predicted molar refractivity (Wildman–Crippen MR) is 129 cm³/mol. The van der Waals surface area contributed by atoms with E-state index in [1.165, 1.54) is 30.2 Å². The minimum Gasteiger partial charge on any atom is -0.507 e. The number of hydrogen-bond acceptors (Lipinski definition) is 5. The number of ether oxygens (including phenoxy) is 2. The largest absolute Gasteiger partial charge is 0.507 e. The first-order chi connectivity index (χ1) is 16.9. The Morgan fingerprint density at radius 3 is 2.46 bits per heavy atom. The Bertz CT molecular complexity index is 1270. The van der Waals surface area contributed by atoms with Crippen LogP contribution in [0.15, 0.2) is 78.4 Å². The van der Waals surface area contributed by atoms with Crippen LogP contribution in [0.2, 0.25) is 0 Å². The second-order valence-corrected chi connectivity index (χ2v) is 8.31. The van der Waals surface area contributed by atoms with Crippen molar-refractivity contribution in [1.29, 1.82) is 0 Å². The van der Waals surface area contributed by atoms with Gasteiger partial charge in [-0.25, -0.2) is 4.39 Å². The van der Waals surface area contributed by atoms with Crippen molar-refractivity contribution in [2.75, 3.05) is 20.3 Å². The van der Waals surface area contributed by atoms with E-state index in [0.29, 0.717) is 17.9 Å². The predicted octanol–water partition coefficient (Wildman–Crippen LogP) is 4.78. The molecule has 1 N–H and O–H groups in total.